The fourth-order valence-corrected chi connectivity index (χ4v) is 3.20. The van der Waals surface area contributed by atoms with E-state index in [1.165, 1.54) is 57.8 Å². The van der Waals surface area contributed by atoms with Crippen LogP contribution in [0.5, 0.6) is 0 Å². The molecule has 104 valence electrons. The number of hydrogen-bond acceptors (Lipinski definition) is 2. The van der Waals surface area contributed by atoms with Gasteiger partial charge in [-0.1, -0.05) is 32.1 Å². The molecule has 1 saturated heterocycles. The second kappa shape index (κ2) is 7.78. The lowest BCUT2D eigenvalue weighted by Gasteiger charge is -2.23. The predicted octanol–water partition coefficient (Wildman–Crippen LogP) is 2.75. The van der Waals surface area contributed by atoms with E-state index in [0.717, 1.165) is 13.0 Å². The molecule has 0 aromatic carbocycles. The maximum atomic E-state index is 11.9. The van der Waals surface area contributed by atoms with Crippen molar-refractivity contribution in [2.45, 2.75) is 82.7 Å². The second-order valence-corrected chi connectivity index (χ2v) is 5.94. The highest BCUT2D eigenvalue weighted by molar-refractivity contribution is 5.76. The molecule has 2 aliphatic rings. The lowest BCUT2D eigenvalue weighted by Crippen LogP contribution is -2.37. The third-order valence-electron chi connectivity index (χ3n) is 4.35. The molecular weight excluding hydrogens is 224 g/mol. The Morgan fingerprint density at radius 3 is 2.39 bits per heavy atom. The summed E-state index contributed by atoms with van der Waals surface area (Å²) >= 11 is 0. The summed E-state index contributed by atoms with van der Waals surface area (Å²) in [5.41, 5.74) is 0. The van der Waals surface area contributed by atoms with Crippen LogP contribution < -0.4 is 10.6 Å². The molecule has 0 aromatic heterocycles. The van der Waals surface area contributed by atoms with Crippen LogP contribution in [-0.2, 0) is 4.79 Å². The van der Waals surface area contributed by atoms with E-state index in [9.17, 15) is 4.79 Å². The van der Waals surface area contributed by atoms with Crippen molar-refractivity contribution in [3.8, 4) is 0 Å². The Labute approximate surface area is 111 Å². The highest BCUT2D eigenvalue weighted by atomic mass is 16.1. The number of carbonyl (C=O) groups excluding carboxylic acids is 1. The lowest BCUT2D eigenvalue weighted by molar-refractivity contribution is -0.122. The Bertz CT molecular complexity index is 241. The zero-order valence-electron chi connectivity index (χ0n) is 11.5. The zero-order valence-corrected chi connectivity index (χ0v) is 11.5. The standard InChI is InChI=1S/C15H28N2O/c18-15(11-10-13-7-5-6-12-16-13)17-14-8-3-1-2-4-9-14/h13-14,16H,1-12H2,(H,17,18). The number of amides is 1. The number of nitrogens with one attached hydrogen (secondary N) is 2. The Kier molecular flexibility index (Phi) is 5.98. The predicted molar refractivity (Wildman–Crippen MR) is 74.5 cm³/mol. The smallest absolute Gasteiger partial charge is 0.220 e. The molecule has 2 rings (SSSR count). The summed E-state index contributed by atoms with van der Waals surface area (Å²) in [6.07, 6.45) is 13.2. The van der Waals surface area contributed by atoms with Crippen LogP contribution in [0.15, 0.2) is 0 Å². The third kappa shape index (κ3) is 4.97. The van der Waals surface area contributed by atoms with Gasteiger partial charge >= 0.3 is 0 Å². The van der Waals surface area contributed by atoms with Crippen molar-refractivity contribution in [2.24, 2.45) is 0 Å². The summed E-state index contributed by atoms with van der Waals surface area (Å²) in [7, 11) is 0. The van der Waals surface area contributed by atoms with Gasteiger partial charge in [0.15, 0.2) is 0 Å². The van der Waals surface area contributed by atoms with Crippen molar-refractivity contribution in [2.75, 3.05) is 6.54 Å². The average Bonchev–Trinajstić information content (AvgIpc) is 2.66. The molecule has 3 heteroatoms. The van der Waals surface area contributed by atoms with Crippen LogP contribution in [0.1, 0.15) is 70.6 Å². The highest BCUT2D eigenvalue weighted by Gasteiger charge is 2.17. The highest BCUT2D eigenvalue weighted by Crippen LogP contribution is 2.17. The quantitative estimate of drug-likeness (QED) is 0.755. The van der Waals surface area contributed by atoms with Crippen molar-refractivity contribution in [3.63, 3.8) is 0 Å². The van der Waals surface area contributed by atoms with Gasteiger partial charge in [-0.2, -0.15) is 0 Å². The monoisotopic (exact) mass is 252 g/mol. The molecular formula is C15H28N2O. The normalized spacial score (nSPS) is 26.6. The summed E-state index contributed by atoms with van der Waals surface area (Å²) in [6.45, 7) is 1.13. The number of piperidine rings is 1. The molecule has 1 aliphatic heterocycles. The van der Waals surface area contributed by atoms with Crippen LogP contribution in [0.25, 0.3) is 0 Å². The minimum Gasteiger partial charge on any atom is -0.353 e. The largest absolute Gasteiger partial charge is 0.353 e. The first-order valence-electron chi connectivity index (χ1n) is 7.87. The molecule has 0 spiro atoms. The van der Waals surface area contributed by atoms with E-state index < -0.39 is 0 Å². The molecule has 2 fully saturated rings. The fourth-order valence-electron chi connectivity index (χ4n) is 3.20. The molecule has 18 heavy (non-hydrogen) atoms. The van der Waals surface area contributed by atoms with Gasteiger partial charge in [-0.25, -0.2) is 0 Å². The van der Waals surface area contributed by atoms with Crippen molar-refractivity contribution < 1.29 is 4.79 Å². The molecule has 3 nitrogen and oxygen atoms in total. The molecule has 1 saturated carbocycles. The molecule has 0 aromatic rings. The van der Waals surface area contributed by atoms with Gasteiger partial charge < -0.3 is 10.6 Å². The summed E-state index contributed by atoms with van der Waals surface area (Å²) in [6, 6.07) is 1.04. The van der Waals surface area contributed by atoms with Crippen LogP contribution in [0.3, 0.4) is 0 Å². The van der Waals surface area contributed by atoms with Gasteiger partial charge in [-0.15, -0.1) is 0 Å². The van der Waals surface area contributed by atoms with E-state index >= 15 is 0 Å². The van der Waals surface area contributed by atoms with Crippen LogP contribution in [0.4, 0.5) is 0 Å². The topological polar surface area (TPSA) is 41.1 Å². The van der Waals surface area contributed by atoms with Gasteiger partial charge in [0.2, 0.25) is 5.91 Å². The van der Waals surface area contributed by atoms with E-state index in [2.05, 4.69) is 10.6 Å². The van der Waals surface area contributed by atoms with Gasteiger partial charge in [-0.3, -0.25) is 4.79 Å². The maximum Gasteiger partial charge on any atom is 0.220 e. The van der Waals surface area contributed by atoms with Crippen LogP contribution in [-0.4, -0.2) is 24.5 Å². The summed E-state index contributed by atoms with van der Waals surface area (Å²) < 4.78 is 0. The summed E-state index contributed by atoms with van der Waals surface area (Å²) in [5.74, 6) is 0.272. The van der Waals surface area contributed by atoms with Crippen molar-refractivity contribution in [1.29, 1.82) is 0 Å². The van der Waals surface area contributed by atoms with Crippen LogP contribution >= 0.6 is 0 Å². The number of carbonyl (C=O) groups is 1. The molecule has 1 unspecified atom stereocenters. The van der Waals surface area contributed by atoms with Gasteiger partial charge in [0.1, 0.15) is 0 Å². The van der Waals surface area contributed by atoms with Gasteiger partial charge in [0.25, 0.3) is 0 Å². The second-order valence-electron chi connectivity index (χ2n) is 5.94. The Hall–Kier alpha value is -0.570. The molecule has 1 heterocycles. The first kappa shape index (κ1) is 13.9. The van der Waals surface area contributed by atoms with E-state index in [1.807, 2.05) is 0 Å². The number of hydrogen-bond donors (Lipinski definition) is 2. The minimum absolute atomic E-state index is 0.272. The zero-order chi connectivity index (χ0) is 12.6. The Morgan fingerprint density at radius 2 is 1.72 bits per heavy atom. The van der Waals surface area contributed by atoms with Gasteiger partial charge in [0.05, 0.1) is 0 Å². The summed E-state index contributed by atoms with van der Waals surface area (Å²) in [5, 5.41) is 6.74. The molecule has 0 radical (unpaired) electrons. The third-order valence-corrected chi connectivity index (χ3v) is 4.35. The molecule has 2 N–H and O–H groups in total. The van der Waals surface area contributed by atoms with E-state index in [1.54, 1.807) is 0 Å². The first-order chi connectivity index (χ1) is 8.84. The Morgan fingerprint density at radius 1 is 1.00 bits per heavy atom. The van der Waals surface area contributed by atoms with Gasteiger partial charge in [-0.05, 0) is 38.6 Å². The first-order valence-corrected chi connectivity index (χ1v) is 7.87. The van der Waals surface area contributed by atoms with E-state index in [-0.39, 0.29) is 5.91 Å². The van der Waals surface area contributed by atoms with Crippen molar-refractivity contribution >= 4 is 5.91 Å². The Balaban J connectivity index is 1.61. The van der Waals surface area contributed by atoms with E-state index in [4.69, 9.17) is 0 Å². The van der Waals surface area contributed by atoms with Crippen LogP contribution in [0, 0.1) is 0 Å². The average molecular weight is 252 g/mol. The van der Waals surface area contributed by atoms with Crippen molar-refractivity contribution in [3.05, 3.63) is 0 Å². The molecule has 1 amide bonds. The lowest BCUT2D eigenvalue weighted by atomic mass is 10.00. The minimum atomic E-state index is 0.272. The van der Waals surface area contributed by atoms with Crippen LogP contribution in [0.2, 0.25) is 0 Å². The molecule has 0 bridgehead atoms. The molecule has 1 atom stereocenters. The molecule has 1 aliphatic carbocycles. The maximum absolute atomic E-state index is 11.9. The summed E-state index contributed by atoms with van der Waals surface area (Å²) in [4.78, 5) is 11.9. The SMILES string of the molecule is O=C(CCC1CCCCN1)NC1CCCCCC1. The van der Waals surface area contributed by atoms with E-state index in [0.29, 0.717) is 18.5 Å². The fraction of sp³-hybridized carbons (Fsp3) is 0.933. The van der Waals surface area contributed by atoms with Gasteiger partial charge in [0, 0.05) is 18.5 Å². The van der Waals surface area contributed by atoms with Crippen molar-refractivity contribution in [1.82, 2.24) is 10.6 Å². The number of rotatable bonds is 4.